The molecule has 3 rings (SSSR count). The van der Waals surface area contributed by atoms with Gasteiger partial charge in [-0.25, -0.2) is 0 Å². The zero-order valence-corrected chi connectivity index (χ0v) is 14.3. The number of fused-ring (bicyclic) bond motifs is 3. The van der Waals surface area contributed by atoms with Crippen LogP contribution in [0.4, 0.5) is 0 Å². The van der Waals surface area contributed by atoms with Gasteiger partial charge in [0.1, 0.15) is 0 Å². The summed E-state index contributed by atoms with van der Waals surface area (Å²) in [5.74, 6) is 0.694. The Labute approximate surface area is 133 Å². The molecule has 0 aliphatic heterocycles. The molecule has 2 aromatic carbocycles. The Hall–Kier alpha value is -1.76. The Balaban J connectivity index is 2.25. The first kappa shape index (κ1) is 15.1. The first-order valence-electron chi connectivity index (χ1n) is 8.72. The largest absolute Gasteiger partial charge is 0.341 e. The van der Waals surface area contributed by atoms with E-state index in [0.29, 0.717) is 5.92 Å². The Kier molecular flexibility index (Phi) is 4.24. The van der Waals surface area contributed by atoms with Crippen LogP contribution >= 0.6 is 0 Å². The van der Waals surface area contributed by atoms with Crippen molar-refractivity contribution in [3.63, 3.8) is 0 Å². The lowest BCUT2D eigenvalue weighted by molar-refractivity contribution is 0.596. The number of aromatic nitrogens is 1. The summed E-state index contributed by atoms with van der Waals surface area (Å²) in [4.78, 5) is 0. The summed E-state index contributed by atoms with van der Waals surface area (Å²) >= 11 is 0. The van der Waals surface area contributed by atoms with Crippen LogP contribution in [0, 0.1) is 6.92 Å². The predicted octanol–water partition coefficient (Wildman–Crippen LogP) is 6.42. The summed E-state index contributed by atoms with van der Waals surface area (Å²) < 4.78 is 2.47. The molecule has 3 aromatic rings. The molecule has 1 aromatic heterocycles. The van der Waals surface area contributed by atoms with E-state index in [-0.39, 0.29) is 0 Å². The second-order valence-corrected chi connectivity index (χ2v) is 6.44. The second kappa shape index (κ2) is 6.16. The lowest BCUT2D eigenvalue weighted by Gasteiger charge is -2.15. The van der Waals surface area contributed by atoms with E-state index in [9.17, 15) is 0 Å². The summed E-state index contributed by atoms with van der Waals surface area (Å²) in [6, 6.07) is 14.0. The third-order valence-electron chi connectivity index (χ3n) is 4.96. The van der Waals surface area contributed by atoms with Crippen LogP contribution in [0.25, 0.3) is 21.8 Å². The molecule has 1 heterocycles. The van der Waals surface area contributed by atoms with Gasteiger partial charge in [0.15, 0.2) is 0 Å². The van der Waals surface area contributed by atoms with Crippen LogP contribution in [0.15, 0.2) is 36.4 Å². The van der Waals surface area contributed by atoms with E-state index in [0.717, 1.165) is 6.54 Å². The number of benzene rings is 2. The van der Waals surface area contributed by atoms with Crippen molar-refractivity contribution >= 4 is 21.8 Å². The van der Waals surface area contributed by atoms with Crippen LogP contribution in [-0.2, 0) is 6.54 Å². The summed E-state index contributed by atoms with van der Waals surface area (Å²) in [5, 5.41) is 2.78. The van der Waals surface area contributed by atoms with Crippen LogP contribution in [0.5, 0.6) is 0 Å². The predicted molar refractivity (Wildman–Crippen MR) is 97.8 cm³/mol. The van der Waals surface area contributed by atoms with Crippen molar-refractivity contribution < 1.29 is 0 Å². The molecule has 0 fully saturated rings. The lowest BCUT2D eigenvalue weighted by Crippen LogP contribution is -1.98. The van der Waals surface area contributed by atoms with Crippen molar-refractivity contribution in [1.82, 2.24) is 4.57 Å². The van der Waals surface area contributed by atoms with Gasteiger partial charge in [0.05, 0.1) is 0 Å². The molecule has 0 N–H and O–H groups in total. The van der Waals surface area contributed by atoms with E-state index in [2.05, 4.69) is 68.7 Å². The summed E-state index contributed by atoms with van der Waals surface area (Å²) in [7, 11) is 0. The molecule has 0 saturated carbocycles. The minimum Gasteiger partial charge on any atom is -0.341 e. The average molecular weight is 293 g/mol. The fourth-order valence-electron chi connectivity index (χ4n) is 3.77. The molecule has 0 amide bonds. The minimum atomic E-state index is 0.694. The van der Waals surface area contributed by atoms with E-state index in [1.807, 2.05) is 0 Å². The Bertz CT molecular complexity index is 794. The van der Waals surface area contributed by atoms with E-state index in [1.54, 1.807) is 0 Å². The number of hydrogen-bond acceptors (Lipinski definition) is 0. The van der Waals surface area contributed by atoms with Gasteiger partial charge in [-0.1, -0.05) is 44.5 Å². The van der Waals surface area contributed by atoms with Crippen molar-refractivity contribution in [2.75, 3.05) is 0 Å². The molecular formula is C21H27N. The Morgan fingerprint density at radius 2 is 1.59 bits per heavy atom. The van der Waals surface area contributed by atoms with Crippen LogP contribution in [0.1, 0.15) is 57.1 Å². The maximum Gasteiger partial charge on any atom is 0.0494 e. The molecule has 1 atom stereocenters. The standard InChI is InChI=1S/C21H27N/c1-5-8-16(6-2)17-10-12-19-18-11-9-15(4)13-20(18)22(7-3)21(19)14-17/h9-14,16H,5-8H2,1-4H3. The van der Waals surface area contributed by atoms with Crippen LogP contribution < -0.4 is 0 Å². The number of hydrogen-bond donors (Lipinski definition) is 0. The molecular weight excluding hydrogens is 266 g/mol. The molecule has 1 nitrogen and oxygen atoms in total. The van der Waals surface area contributed by atoms with Gasteiger partial charge in [-0.2, -0.15) is 0 Å². The maximum absolute atomic E-state index is 2.47. The third kappa shape index (κ3) is 2.43. The highest BCUT2D eigenvalue weighted by Gasteiger charge is 2.13. The topological polar surface area (TPSA) is 4.93 Å². The molecule has 0 saturated heterocycles. The number of rotatable bonds is 5. The van der Waals surface area contributed by atoms with Gasteiger partial charge in [0.25, 0.3) is 0 Å². The van der Waals surface area contributed by atoms with E-state index in [1.165, 1.54) is 52.2 Å². The highest BCUT2D eigenvalue weighted by Crippen LogP contribution is 2.33. The van der Waals surface area contributed by atoms with Gasteiger partial charge in [0.2, 0.25) is 0 Å². The summed E-state index contributed by atoms with van der Waals surface area (Å²) in [6.45, 7) is 10.0. The smallest absolute Gasteiger partial charge is 0.0494 e. The average Bonchev–Trinajstić information content (AvgIpc) is 2.84. The molecule has 0 aliphatic rings. The molecule has 0 aliphatic carbocycles. The monoisotopic (exact) mass is 293 g/mol. The summed E-state index contributed by atoms with van der Waals surface area (Å²) in [6.07, 6.45) is 3.77. The first-order chi connectivity index (χ1) is 10.7. The van der Waals surface area contributed by atoms with Gasteiger partial charge in [-0.05, 0) is 55.9 Å². The van der Waals surface area contributed by atoms with Crippen molar-refractivity contribution in [3.05, 3.63) is 47.5 Å². The normalized spacial score (nSPS) is 13.1. The van der Waals surface area contributed by atoms with E-state index < -0.39 is 0 Å². The molecule has 0 bridgehead atoms. The minimum absolute atomic E-state index is 0.694. The lowest BCUT2D eigenvalue weighted by atomic mass is 9.91. The van der Waals surface area contributed by atoms with E-state index >= 15 is 0 Å². The van der Waals surface area contributed by atoms with Gasteiger partial charge >= 0.3 is 0 Å². The zero-order valence-electron chi connectivity index (χ0n) is 14.3. The Morgan fingerprint density at radius 3 is 2.23 bits per heavy atom. The molecule has 0 radical (unpaired) electrons. The van der Waals surface area contributed by atoms with Gasteiger partial charge in [0, 0.05) is 28.4 Å². The van der Waals surface area contributed by atoms with Gasteiger partial charge in [-0.15, -0.1) is 0 Å². The fourth-order valence-corrected chi connectivity index (χ4v) is 3.77. The Morgan fingerprint density at radius 1 is 0.909 bits per heavy atom. The SMILES string of the molecule is CCCC(CC)c1ccc2c3ccc(C)cc3n(CC)c2c1. The highest BCUT2D eigenvalue weighted by atomic mass is 15.0. The third-order valence-corrected chi connectivity index (χ3v) is 4.96. The molecule has 1 heteroatoms. The van der Waals surface area contributed by atoms with Crippen molar-refractivity contribution in [3.8, 4) is 0 Å². The van der Waals surface area contributed by atoms with Crippen LogP contribution in [0.3, 0.4) is 0 Å². The van der Waals surface area contributed by atoms with Crippen LogP contribution in [-0.4, -0.2) is 4.57 Å². The van der Waals surface area contributed by atoms with Crippen molar-refractivity contribution in [2.45, 2.75) is 59.4 Å². The maximum atomic E-state index is 2.47. The van der Waals surface area contributed by atoms with Crippen molar-refractivity contribution in [2.24, 2.45) is 0 Å². The second-order valence-electron chi connectivity index (χ2n) is 6.44. The molecule has 116 valence electrons. The van der Waals surface area contributed by atoms with E-state index in [4.69, 9.17) is 0 Å². The molecule has 0 spiro atoms. The fraction of sp³-hybridized carbons (Fsp3) is 0.429. The quantitative estimate of drug-likeness (QED) is 0.511. The zero-order chi connectivity index (χ0) is 15.7. The number of aryl methyl sites for hydroxylation is 2. The molecule has 22 heavy (non-hydrogen) atoms. The highest BCUT2D eigenvalue weighted by molar-refractivity contribution is 6.08. The van der Waals surface area contributed by atoms with Crippen molar-refractivity contribution in [1.29, 1.82) is 0 Å². The number of nitrogens with zero attached hydrogens (tertiary/aromatic N) is 1. The van der Waals surface area contributed by atoms with Crippen LogP contribution in [0.2, 0.25) is 0 Å². The van der Waals surface area contributed by atoms with Gasteiger partial charge < -0.3 is 4.57 Å². The molecule has 1 unspecified atom stereocenters. The summed E-state index contributed by atoms with van der Waals surface area (Å²) in [5.41, 5.74) is 5.61. The first-order valence-corrected chi connectivity index (χ1v) is 8.72. The van der Waals surface area contributed by atoms with Gasteiger partial charge in [-0.3, -0.25) is 0 Å².